The number of nitrogens with zero attached hydrogens (tertiary/aromatic N) is 2. The normalized spacial score (nSPS) is 22.3. The molecule has 102 valence electrons. The number of sulfonamides is 1. The molecule has 1 atom stereocenters. The van der Waals surface area contributed by atoms with Crippen molar-refractivity contribution in [3.05, 3.63) is 11.5 Å². The van der Waals surface area contributed by atoms with Crippen molar-refractivity contribution in [2.45, 2.75) is 44.9 Å². The molecule has 2 heterocycles. The van der Waals surface area contributed by atoms with Crippen LogP contribution in [0.15, 0.2) is 9.42 Å². The first kappa shape index (κ1) is 13.5. The van der Waals surface area contributed by atoms with Crippen LogP contribution in [0, 0.1) is 19.8 Å². The van der Waals surface area contributed by atoms with Crippen LogP contribution in [0.25, 0.3) is 0 Å². The minimum atomic E-state index is -3.45. The Morgan fingerprint density at radius 1 is 1.44 bits per heavy atom. The molecule has 18 heavy (non-hydrogen) atoms. The highest BCUT2D eigenvalue weighted by Gasteiger charge is 2.33. The summed E-state index contributed by atoms with van der Waals surface area (Å²) >= 11 is 0. The maximum atomic E-state index is 12.6. The second-order valence-electron chi connectivity index (χ2n) is 4.93. The van der Waals surface area contributed by atoms with Gasteiger partial charge in [-0.15, -0.1) is 0 Å². The molecule has 0 aliphatic carbocycles. The quantitative estimate of drug-likeness (QED) is 0.845. The summed E-state index contributed by atoms with van der Waals surface area (Å²) in [5, 5.41) is 3.74. The van der Waals surface area contributed by atoms with E-state index in [2.05, 4.69) is 12.1 Å². The Bertz CT molecular complexity index is 502. The van der Waals surface area contributed by atoms with E-state index in [0.717, 1.165) is 19.3 Å². The van der Waals surface area contributed by atoms with Gasteiger partial charge in [0.15, 0.2) is 5.76 Å². The van der Waals surface area contributed by atoms with Crippen LogP contribution in [-0.2, 0) is 10.0 Å². The van der Waals surface area contributed by atoms with E-state index in [9.17, 15) is 8.42 Å². The van der Waals surface area contributed by atoms with Crippen LogP contribution in [0.5, 0.6) is 0 Å². The highest BCUT2D eigenvalue weighted by molar-refractivity contribution is 7.89. The zero-order valence-electron chi connectivity index (χ0n) is 11.1. The van der Waals surface area contributed by atoms with Crippen molar-refractivity contribution in [2.24, 2.45) is 5.92 Å². The lowest BCUT2D eigenvalue weighted by Crippen LogP contribution is -2.40. The second kappa shape index (κ2) is 5.01. The van der Waals surface area contributed by atoms with Gasteiger partial charge in [0.2, 0.25) is 10.0 Å². The minimum absolute atomic E-state index is 0.249. The average Bonchev–Trinajstić information content (AvgIpc) is 2.69. The third-order valence-corrected chi connectivity index (χ3v) is 5.74. The molecule has 0 aromatic carbocycles. The van der Waals surface area contributed by atoms with Crippen molar-refractivity contribution in [1.29, 1.82) is 0 Å². The fraction of sp³-hybridized carbons (Fsp3) is 0.750. The monoisotopic (exact) mass is 272 g/mol. The molecule has 0 amide bonds. The van der Waals surface area contributed by atoms with Crippen LogP contribution >= 0.6 is 0 Å². The molecule has 0 saturated carbocycles. The summed E-state index contributed by atoms with van der Waals surface area (Å²) in [6.45, 7) is 6.64. The molecular formula is C12H20N2O3S. The molecular weight excluding hydrogens is 252 g/mol. The first-order chi connectivity index (χ1) is 8.46. The maximum Gasteiger partial charge on any atom is 0.248 e. The third-order valence-electron chi connectivity index (χ3n) is 3.62. The van der Waals surface area contributed by atoms with E-state index >= 15 is 0 Å². The van der Waals surface area contributed by atoms with Crippen molar-refractivity contribution < 1.29 is 12.9 Å². The smallest absolute Gasteiger partial charge is 0.248 e. The fourth-order valence-corrected chi connectivity index (χ4v) is 4.40. The molecule has 5 nitrogen and oxygen atoms in total. The Hall–Kier alpha value is -0.880. The van der Waals surface area contributed by atoms with E-state index in [4.69, 9.17) is 4.52 Å². The lowest BCUT2D eigenvalue weighted by Gasteiger charge is -2.31. The molecule has 6 heteroatoms. The lowest BCUT2D eigenvalue weighted by atomic mass is 9.97. The standard InChI is InChI=1S/C12H20N2O3S/c1-4-11-6-5-7-14(8-11)18(15,16)12-9(2)13-17-10(12)3/h11H,4-8H2,1-3H3/t11-/m1/s1. The van der Waals surface area contributed by atoms with Crippen molar-refractivity contribution in [3.63, 3.8) is 0 Å². The van der Waals surface area contributed by atoms with Gasteiger partial charge in [-0.3, -0.25) is 0 Å². The highest BCUT2D eigenvalue weighted by atomic mass is 32.2. The van der Waals surface area contributed by atoms with Crippen LogP contribution in [0.4, 0.5) is 0 Å². The van der Waals surface area contributed by atoms with Gasteiger partial charge >= 0.3 is 0 Å². The van der Waals surface area contributed by atoms with Crippen LogP contribution in [0.2, 0.25) is 0 Å². The van der Waals surface area contributed by atoms with Gasteiger partial charge in [0, 0.05) is 13.1 Å². The van der Waals surface area contributed by atoms with Gasteiger partial charge in [0.05, 0.1) is 0 Å². The summed E-state index contributed by atoms with van der Waals surface area (Å²) in [4.78, 5) is 0.249. The molecule has 0 N–H and O–H groups in total. The zero-order valence-corrected chi connectivity index (χ0v) is 12.0. The molecule has 1 aromatic heterocycles. The molecule has 2 rings (SSSR count). The molecule has 1 aliphatic heterocycles. The zero-order chi connectivity index (χ0) is 13.3. The van der Waals surface area contributed by atoms with Crippen molar-refractivity contribution in [2.75, 3.05) is 13.1 Å². The van der Waals surface area contributed by atoms with E-state index in [-0.39, 0.29) is 4.90 Å². The third kappa shape index (κ3) is 2.31. The average molecular weight is 272 g/mol. The van der Waals surface area contributed by atoms with Gasteiger partial charge in [-0.1, -0.05) is 18.5 Å². The predicted octanol–water partition coefficient (Wildman–Crippen LogP) is 2.10. The van der Waals surface area contributed by atoms with Gasteiger partial charge in [0.1, 0.15) is 10.6 Å². The van der Waals surface area contributed by atoms with Gasteiger partial charge in [-0.25, -0.2) is 8.42 Å². The van der Waals surface area contributed by atoms with E-state index in [1.54, 1.807) is 18.2 Å². The predicted molar refractivity (Wildman–Crippen MR) is 67.8 cm³/mol. The summed E-state index contributed by atoms with van der Waals surface area (Å²) < 4.78 is 31.7. The summed E-state index contributed by atoms with van der Waals surface area (Å²) in [6, 6.07) is 0. The Morgan fingerprint density at radius 3 is 2.72 bits per heavy atom. The van der Waals surface area contributed by atoms with Gasteiger partial charge in [0.25, 0.3) is 0 Å². The summed E-state index contributed by atoms with van der Waals surface area (Å²) in [7, 11) is -3.45. The van der Waals surface area contributed by atoms with Crippen molar-refractivity contribution in [3.8, 4) is 0 Å². The summed E-state index contributed by atoms with van der Waals surface area (Å²) in [5.41, 5.74) is 0.450. The molecule has 0 unspecified atom stereocenters. The Morgan fingerprint density at radius 2 is 2.17 bits per heavy atom. The van der Waals surface area contributed by atoms with Gasteiger partial charge in [-0.05, 0) is 32.6 Å². The van der Waals surface area contributed by atoms with E-state index < -0.39 is 10.0 Å². The SMILES string of the molecule is CC[C@@H]1CCCN(S(=O)(=O)c2c(C)noc2C)C1. The molecule has 1 aromatic rings. The van der Waals surface area contributed by atoms with Crippen molar-refractivity contribution in [1.82, 2.24) is 9.46 Å². The summed E-state index contributed by atoms with van der Waals surface area (Å²) in [5.74, 6) is 0.847. The maximum absolute atomic E-state index is 12.6. The van der Waals surface area contributed by atoms with Crippen LogP contribution in [-0.4, -0.2) is 31.0 Å². The Balaban J connectivity index is 2.31. The molecule has 0 radical (unpaired) electrons. The number of aryl methyl sites for hydroxylation is 2. The molecule has 1 aliphatic rings. The second-order valence-corrected chi connectivity index (χ2v) is 6.81. The number of hydrogen-bond donors (Lipinski definition) is 0. The first-order valence-corrected chi connectivity index (χ1v) is 7.83. The topological polar surface area (TPSA) is 63.4 Å². The number of rotatable bonds is 3. The van der Waals surface area contributed by atoms with E-state index in [0.29, 0.717) is 30.5 Å². The Kier molecular flexibility index (Phi) is 3.77. The first-order valence-electron chi connectivity index (χ1n) is 6.39. The molecule has 0 bridgehead atoms. The molecule has 0 spiro atoms. The number of piperidine rings is 1. The number of hydrogen-bond acceptors (Lipinski definition) is 4. The minimum Gasteiger partial charge on any atom is -0.360 e. The van der Waals surface area contributed by atoms with Crippen molar-refractivity contribution >= 4 is 10.0 Å². The van der Waals surface area contributed by atoms with E-state index in [1.807, 2.05) is 0 Å². The highest BCUT2D eigenvalue weighted by Crippen LogP contribution is 2.28. The van der Waals surface area contributed by atoms with Gasteiger partial charge < -0.3 is 4.52 Å². The van der Waals surface area contributed by atoms with Crippen LogP contribution in [0.1, 0.15) is 37.6 Å². The van der Waals surface area contributed by atoms with Gasteiger partial charge in [-0.2, -0.15) is 4.31 Å². The largest absolute Gasteiger partial charge is 0.360 e. The lowest BCUT2D eigenvalue weighted by molar-refractivity contribution is 0.261. The Labute approximate surface area is 108 Å². The fourth-order valence-electron chi connectivity index (χ4n) is 2.55. The number of aromatic nitrogens is 1. The van der Waals surface area contributed by atoms with E-state index in [1.165, 1.54) is 0 Å². The van der Waals surface area contributed by atoms with Crippen LogP contribution in [0.3, 0.4) is 0 Å². The van der Waals surface area contributed by atoms with Crippen LogP contribution < -0.4 is 0 Å². The summed E-state index contributed by atoms with van der Waals surface area (Å²) in [6.07, 6.45) is 3.07. The molecule has 1 fully saturated rings. The molecule has 1 saturated heterocycles.